The zero-order chi connectivity index (χ0) is 15.9. The molecule has 3 rings (SSSR count). The Morgan fingerprint density at radius 3 is 2.41 bits per heavy atom. The molecule has 6 nitrogen and oxygen atoms in total. The van der Waals surface area contributed by atoms with E-state index in [1.807, 2.05) is 0 Å². The molecule has 0 saturated carbocycles. The Morgan fingerprint density at radius 2 is 1.68 bits per heavy atom. The Bertz CT molecular complexity index is 972. The third-order valence-corrected chi connectivity index (χ3v) is 5.04. The average Bonchev–Trinajstić information content (AvgIpc) is 2.92. The van der Waals surface area contributed by atoms with E-state index in [1.165, 1.54) is 30.3 Å². The van der Waals surface area contributed by atoms with Crippen molar-refractivity contribution in [1.29, 1.82) is 0 Å². The Hall–Kier alpha value is -1.54. The maximum absolute atomic E-state index is 12.5. The van der Waals surface area contributed by atoms with Crippen molar-refractivity contribution in [2.45, 2.75) is 4.90 Å². The Labute approximate surface area is 140 Å². The Kier molecular flexibility index (Phi) is 3.90. The van der Waals surface area contributed by atoms with E-state index in [0.29, 0.717) is 5.02 Å². The second-order valence-electron chi connectivity index (χ2n) is 4.24. The topological polar surface area (TPSA) is 85.1 Å². The van der Waals surface area contributed by atoms with Gasteiger partial charge in [0, 0.05) is 5.02 Å². The van der Waals surface area contributed by atoms with Gasteiger partial charge >= 0.3 is 0 Å². The standard InChI is InChI=1S/C12H6Cl3N3O3S/c13-6-1-3-9(8(15)5-6)18-22(19,20)10-4-2-7(14)11-12(10)17-21-16-11/h1-5,18H. The molecular formula is C12H6Cl3N3O3S. The average molecular weight is 379 g/mol. The monoisotopic (exact) mass is 377 g/mol. The third kappa shape index (κ3) is 2.72. The number of rotatable bonds is 3. The van der Waals surface area contributed by atoms with E-state index in [9.17, 15) is 8.42 Å². The second kappa shape index (κ2) is 5.58. The van der Waals surface area contributed by atoms with Crippen LogP contribution in [-0.2, 0) is 10.0 Å². The van der Waals surface area contributed by atoms with Gasteiger partial charge in [0.25, 0.3) is 10.0 Å². The maximum Gasteiger partial charge on any atom is 0.264 e. The number of anilines is 1. The fourth-order valence-corrected chi connectivity index (χ4v) is 3.71. The maximum atomic E-state index is 12.5. The zero-order valence-corrected chi connectivity index (χ0v) is 13.6. The van der Waals surface area contributed by atoms with Crippen LogP contribution in [-0.4, -0.2) is 18.7 Å². The molecule has 0 aliphatic rings. The van der Waals surface area contributed by atoms with Crippen molar-refractivity contribution in [3.8, 4) is 0 Å². The van der Waals surface area contributed by atoms with Crippen LogP contribution in [0.1, 0.15) is 0 Å². The van der Waals surface area contributed by atoms with Gasteiger partial charge in [0.2, 0.25) is 0 Å². The number of hydrogen-bond acceptors (Lipinski definition) is 5. The van der Waals surface area contributed by atoms with E-state index >= 15 is 0 Å². The Morgan fingerprint density at radius 1 is 0.955 bits per heavy atom. The van der Waals surface area contributed by atoms with Gasteiger partial charge in [-0.2, -0.15) is 0 Å². The summed E-state index contributed by atoms with van der Waals surface area (Å²) in [7, 11) is -3.96. The molecule has 0 aliphatic heterocycles. The van der Waals surface area contributed by atoms with Gasteiger partial charge in [-0.15, -0.1) is 0 Å². The van der Waals surface area contributed by atoms with Crippen LogP contribution in [0.25, 0.3) is 11.0 Å². The molecule has 0 saturated heterocycles. The van der Waals surface area contributed by atoms with Gasteiger partial charge in [0.05, 0.1) is 15.7 Å². The lowest BCUT2D eigenvalue weighted by molar-refractivity contribution is 0.315. The van der Waals surface area contributed by atoms with E-state index < -0.39 is 10.0 Å². The molecule has 0 amide bonds. The highest BCUT2D eigenvalue weighted by atomic mass is 35.5. The highest BCUT2D eigenvalue weighted by Crippen LogP contribution is 2.30. The van der Waals surface area contributed by atoms with Gasteiger partial charge in [-0.1, -0.05) is 34.8 Å². The first-order valence-corrected chi connectivity index (χ1v) is 8.39. The summed E-state index contributed by atoms with van der Waals surface area (Å²) in [6, 6.07) is 7.10. The summed E-state index contributed by atoms with van der Waals surface area (Å²) >= 11 is 17.7. The van der Waals surface area contributed by atoms with Crippen LogP contribution in [0.5, 0.6) is 0 Å². The minimum atomic E-state index is -3.96. The summed E-state index contributed by atoms with van der Waals surface area (Å²) in [5.74, 6) is 0. The molecule has 10 heteroatoms. The molecule has 0 aliphatic carbocycles. The van der Waals surface area contributed by atoms with E-state index in [1.54, 1.807) is 0 Å². The van der Waals surface area contributed by atoms with E-state index in [2.05, 4.69) is 19.7 Å². The van der Waals surface area contributed by atoms with Crippen molar-refractivity contribution >= 4 is 61.5 Å². The molecule has 0 unspecified atom stereocenters. The summed E-state index contributed by atoms with van der Waals surface area (Å²) in [6.07, 6.45) is 0. The summed E-state index contributed by atoms with van der Waals surface area (Å²) in [6.45, 7) is 0. The highest BCUT2D eigenvalue weighted by molar-refractivity contribution is 7.93. The molecule has 0 spiro atoms. The highest BCUT2D eigenvalue weighted by Gasteiger charge is 2.23. The molecule has 0 bridgehead atoms. The molecule has 1 heterocycles. The SMILES string of the molecule is O=S(=O)(Nc1ccc(Cl)cc1Cl)c1ccc(Cl)c2nonc12. The first kappa shape index (κ1) is 15.4. The number of aromatic nitrogens is 2. The minimum Gasteiger partial charge on any atom is -0.278 e. The van der Waals surface area contributed by atoms with Gasteiger partial charge in [0.1, 0.15) is 4.90 Å². The van der Waals surface area contributed by atoms with Crippen molar-refractivity contribution in [3.63, 3.8) is 0 Å². The van der Waals surface area contributed by atoms with Crippen LogP contribution in [0.15, 0.2) is 39.9 Å². The summed E-state index contributed by atoms with van der Waals surface area (Å²) in [5.41, 5.74) is 0.377. The largest absolute Gasteiger partial charge is 0.278 e. The summed E-state index contributed by atoms with van der Waals surface area (Å²) < 4.78 is 31.9. The minimum absolute atomic E-state index is 0.0325. The first-order valence-electron chi connectivity index (χ1n) is 5.77. The van der Waals surface area contributed by atoms with Crippen molar-refractivity contribution in [2.24, 2.45) is 0 Å². The third-order valence-electron chi connectivity index (χ3n) is 2.79. The fourth-order valence-electron chi connectivity index (χ4n) is 1.80. The lowest BCUT2D eigenvalue weighted by Crippen LogP contribution is -2.13. The number of halogens is 3. The lowest BCUT2D eigenvalue weighted by atomic mass is 10.3. The Balaban J connectivity index is 2.09. The van der Waals surface area contributed by atoms with E-state index in [0.717, 1.165) is 0 Å². The molecule has 114 valence electrons. The van der Waals surface area contributed by atoms with Crippen LogP contribution in [0.2, 0.25) is 15.1 Å². The molecule has 0 fully saturated rings. The number of benzene rings is 2. The number of hydrogen-bond donors (Lipinski definition) is 1. The molecule has 0 atom stereocenters. The molecule has 22 heavy (non-hydrogen) atoms. The molecule has 1 N–H and O–H groups in total. The lowest BCUT2D eigenvalue weighted by Gasteiger charge is -2.10. The van der Waals surface area contributed by atoms with Crippen LogP contribution in [0, 0.1) is 0 Å². The predicted octanol–water partition coefficient (Wildman–Crippen LogP) is 3.98. The molecule has 0 radical (unpaired) electrons. The van der Waals surface area contributed by atoms with Crippen LogP contribution in [0.4, 0.5) is 5.69 Å². The normalized spacial score (nSPS) is 11.8. The number of fused-ring (bicyclic) bond motifs is 1. The second-order valence-corrected chi connectivity index (χ2v) is 7.14. The van der Waals surface area contributed by atoms with Crippen molar-refractivity contribution in [1.82, 2.24) is 10.3 Å². The van der Waals surface area contributed by atoms with Crippen molar-refractivity contribution in [3.05, 3.63) is 45.4 Å². The van der Waals surface area contributed by atoms with Gasteiger partial charge in [-0.3, -0.25) is 4.72 Å². The van der Waals surface area contributed by atoms with Crippen LogP contribution in [0.3, 0.4) is 0 Å². The predicted molar refractivity (Wildman–Crippen MR) is 84.1 cm³/mol. The summed E-state index contributed by atoms with van der Waals surface area (Å²) in [4.78, 5) is -0.126. The quantitative estimate of drug-likeness (QED) is 0.745. The van der Waals surface area contributed by atoms with E-state index in [-0.39, 0.29) is 31.7 Å². The van der Waals surface area contributed by atoms with E-state index in [4.69, 9.17) is 34.8 Å². The van der Waals surface area contributed by atoms with Gasteiger partial charge < -0.3 is 0 Å². The van der Waals surface area contributed by atoms with Crippen LogP contribution < -0.4 is 4.72 Å². The van der Waals surface area contributed by atoms with Gasteiger partial charge in [-0.05, 0) is 40.6 Å². The fraction of sp³-hybridized carbons (Fsp3) is 0. The molecular weight excluding hydrogens is 373 g/mol. The molecule has 2 aromatic carbocycles. The number of nitrogens with one attached hydrogen (secondary N) is 1. The van der Waals surface area contributed by atoms with Gasteiger partial charge in [-0.25, -0.2) is 13.0 Å². The zero-order valence-electron chi connectivity index (χ0n) is 10.5. The van der Waals surface area contributed by atoms with Crippen molar-refractivity contribution < 1.29 is 13.0 Å². The summed E-state index contributed by atoms with van der Waals surface area (Å²) in [5, 5.41) is 7.95. The van der Waals surface area contributed by atoms with Crippen LogP contribution >= 0.6 is 34.8 Å². The number of sulfonamides is 1. The van der Waals surface area contributed by atoms with Gasteiger partial charge in [0.15, 0.2) is 11.0 Å². The molecule has 3 aromatic rings. The molecule has 1 aromatic heterocycles. The number of nitrogens with zero attached hydrogens (tertiary/aromatic N) is 2. The van der Waals surface area contributed by atoms with Crippen molar-refractivity contribution in [2.75, 3.05) is 4.72 Å². The smallest absolute Gasteiger partial charge is 0.264 e. The first-order chi connectivity index (χ1) is 10.4.